The quantitative estimate of drug-likeness (QED) is 0.864. The van der Waals surface area contributed by atoms with Gasteiger partial charge in [-0.25, -0.2) is 8.42 Å². The topological polar surface area (TPSA) is 57.6 Å². The lowest BCUT2D eigenvalue weighted by atomic mass is 10.2. The third-order valence-corrected chi connectivity index (χ3v) is 5.84. The van der Waals surface area contributed by atoms with E-state index in [1.807, 2.05) is 0 Å². The number of hydrogen-bond donors (Lipinski definition) is 1. The molecule has 0 atom stereocenters. The van der Waals surface area contributed by atoms with Gasteiger partial charge in [0.1, 0.15) is 0 Å². The zero-order valence-electron chi connectivity index (χ0n) is 10.8. The number of sulfonamides is 1. The first kappa shape index (κ1) is 13.1. The van der Waals surface area contributed by atoms with E-state index in [1.165, 1.54) is 0 Å². The van der Waals surface area contributed by atoms with Crippen molar-refractivity contribution >= 4 is 10.0 Å². The molecule has 5 heteroatoms. The van der Waals surface area contributed by atoms with Gasteiger partial charge in [0.15, 0.2) is 0 Å². The first-order valence-electron chi connectivity index (χ1n) is 6.83. The van der Waals surface area contributed by atoms with Gasteiger partial charge < -0.3 is 5.11 Å². The molecule has 19 heavy (non-hydrogen) atoms. The van der Waals surface area contributed by atoms with E-state index in [-0.39, 0.29) is 17.5 Å². The maximum atomic E-state index is 12.8. The fourth-order valence-electron chi connectivity index (χ4n) is 2.37. The highest BCUT2D eigenvalue weighted by molar-refractivity contribution is 7.89. The van der Waals surface area contributed by atoms with Crippen molar-refractivity contribution in [3.05, 3.63) is 29.8 Å². The number of nitrogens with zero attached hydrogens (tertiary/aromatic N) is 1. The highest BCUT2D eigenvalue weighted by Crippen LogP contribution is 2.38. The Morgan fingerprint density at radius 2 is 1.84 bits per heavy atom. The summed E-state index contributed by atoms with van der Waals surface area (Å²) in [6.07, 6.45) is 4.21. The second kappa shape index (κ2) is 4.89. The summed E-state index contributed by atoms with van der Waals surface area (Å²) < 4.78 is 27.2. The Hall–Kier alpha value is -0.910. The molecule has 0 aliphatic heterocycles. The Labute approximate surface area is 114 Å². The van der Waals surface area contributed by atoms with E-state index in [1.54, 1.807) is 28.6 Å². The predicted molar refractivity (Wildman–Crippen MR) is 72.0 cm³/mol. The summed E-state index contributed by atoms with van der Waals surface area (Å²) in [6, 6.07) is 6.93. The molecular weight excluding hydrogens is 262 g/mol. The third-order valence-electron chi connectivity index (χ3n) is 3.82. The first-order valence-corrected chi connectivity index (χ1v) is 8.27. The molecule has 1 aromatic rings. The van der Waals surface area contributed by atoms with Crippen LogP contribution in [0.2, 0.25) is 0 Å². The Morgan fingerprint density at radius 3 is 2.42 bits per heavy atom. The monoisotopic (exact) mass is 281 g/mol. The van der Waals surface area contributed by atoms with Gasteiger partial charge in [-0.3, -0.25) is 0 Å². The van der Waals surface area contributed by atoms with Gasteiger partial charge in [-0.15, -0.1) is 0 Å². The lowest BCUT2D eigenvalue weighted by Crippen LogP contribution is -2.35. The van der Waals surface area contributed by atoms with Gasteiger partial charge >= 0.3 is 0 Å². The molecule has 2 saturated carbocycles. The van der Waals surface area contributed by atoms with Crippen LogP contribution in [0.25, 0.3) is 0 Å². The van der Waals surface area contributed by atoms with Gasteiger partial charge in [-0.2, -0.15) is 4.31 Å². The van der Waals surface area contributed by atoms with Crippen molar-refractivity contribution in [3.63, 3.8) is 0 Å². The van der Waals surface area contributed by atoms with Crippen LogP contribution >= 0.6 is 0 Å². The molecule has 0 saturated heterocycles. The molecule has 3 rings (SSSR count). The minimum absolute atomic E-state index is 0.178. The molecule has 0 amide bonds. The van der Waals surface area contributed by atoms with Gasteiger partial charge in [0.05, 0.1) is 11.5 Å². The lowest BCUT2D eigenvalue weighted by molar-refractivity contribution is 0.278. The maximum Gasteiger partial charge on any atom is 0.243 e. The van der Waals surface area contributed by atoms with Crippen LogP contribution in [-0.2, 0) is 16.6 Å². The van der Waals surface area contributed by atoms with Crippen LogP contribution in [0.4, 0.5) is 0 Å². The molecule has 0 radical (unpaired) electrons. The van der Waals surface area contributed by atoms with E-state index in [0.717, 1.165) is 25.7 Å². The normalized spacial score (nSPS) is 19.9. The van der Waals surface area contributed by atoms with Crippen molar-refractivity contribution in [1.82, 2.24) is 4.31 Å². The van der Waals surface area contributed by atoms with E-state index in [4.69, 9.17) is 0 Å². The number of aliphatic hydroxyl groups excluding tert-OH is 1. The fourth-order valence-corrected chi connectivity index (χ4v) is 4.35. The van der Waals surface area contributed by atoms with Crippen LogP contribution in [0.1, 0.15) is 31.2 Å². The smallest absolute Gasteiger partial charge is 0.243 e. The van der Waals surface area contributed by atoms with Crippen molar-refractivity contribution in [2.75, 3.05) is 6.54 Å². The second-order valence-corrected chi connectivity index (χ2v) is 7.37. The van der Waals surface area contributed by atoms with Crippen LogP contribution in [0.3, 0.4) is 0 Å². The first-order chi connectivity index (χ1) is 9.13. The minimum atomic E-state index is -3.46. The summed E-state index contributed by atoms with van der Waals surface area (Å²) in [7, 11) is -3.46. The predicted octanol–water partition coefficient (Wildman–Crippen LogP) is 1.74. The second-order valence-electron chi connectivity index (χ2n) is 5.52. The van der Waals surface area contributed by atoms with Crippen LogP contribution in [-0.4, -0.2) is 30.4 Å². The molecule has 104 valence electrons. The van der Waals surface area contributed by atoms with Gasteiger partial charge in [-0.1, -0.05) is 18.2 Å². The Morgan fingerprint density at radius 1 is 1.16 bits per heavy atom. The van der Waals surface area contributed by atoms with Crippen molar-refractivity contribution in [1.29, 1.82) is 0 Å². The molecule has 0 heterocycles. The third kappa shape index (κ3) is 2.68. The van der Waals surface area contributed by atoms with Crippen molar-refractivity contribution < 1.29 is 13.5 Å². The highest BCUT2D eigenvalue weighted by Gasteiger charge is 2.41. The van der Waals surface area contributed by atoms with E-state index >= 15 is 0 Å². The molecule has 0 aromatic heterocycles. The van der Waals surface area contributed by atoms with Gasteiger partial charge in [0, 0.05) is 12.6 Å². The molecule has 1 N–H and O–H groups in total. The van der Waals surface area contributed by atoms with Crippen LogP contribution < -0.4 is 0 Å². The van der Waals surface area contributed by atoms with Crippen molar-refractivity contribution in [2.24, 2.45) is 5.92 Å². The van der Waals surface area contributed by atoms with Crippen molar-refractivity contribution in [2.45, 2.75) is 43.2 Å². The van der Waals surface area contributed by atoms with E-state index < -0.39 is 10.0 Å². The highest BCUT2D eigenvalue weighted by atomic mass is 32.2. The fraction of sp³-hybridized carbons (Fsp3) is 0.571. The van der Waals surface area contributed by atoms with Gasteiger partial charge in [0.2, 0.25) is 10.0 Å². The average Bonchev–Trinajstić information content (AvgIpc) is 3.28. The largest absolute Gasteiger partial charge is 0.392 e. The molecule has 0 bridgehead atoms. The molecule has 2 aliphatic rings. The zero-order valence-corrected chi connectivity index (χ0v) is 11.6. The Balaban J connectivity index is 1.94. The minimum Gasteiger partial charge on any atom is -0.392 e. The zero-order chi connectivity index (χ0) is 13.5. The molecule has 4 nitrogen and oxygen atoms in total. The summed E-state index contributed by atoms with van der Waals surface area (Å²) in [6.45, 7) is 0.407. The molecule has 2 aliphatic carbocycles. The summed E-state index contributed by atoms with van der Waals surface area (Å²) in [5, 5.41) is 9.33. The van der Waals surface area contributed by atoms with E-state index in [2.05, 4.69) is 0 Å². The summed E-state index contributed by atoms with van der Waals surface area (Å²) in [4.78, 5) is 0.269. The lowest BCUT2D eigenvalue weighted by Gasteiger charge is -2.23. The number of aliphatic hydroxyl groups is 1. The van der Waals surface area contributed by atoms with Crippen LogP contribution in [0.15, 0.2) is 29.2 Å². The van der Waals surface area contributed by atoms with Crippen LogP contribution in [0.5, 0.6) is 0 Å². The number of benzene rings is 1. The van der Waals surface area contributed by atoms with E-state index in [0.29, 0.717) is 18.0 Å². The molecule has 0 spiro atoms. The summed E-state index contributed by atoms with van der Waals surface area (Å²) in [5.74, 6) is 0.539. The molecule has 1 aromatic carbocycles. The number of hydrogen-bond acceptors (Lipinski definition) is 3. The van der Waals surface area contributed by atoms with Gasteiger partial charge in [0.25, 0.3) is 0 Å². The average molecular weight is 281 g/mol. The Bertz CT molecular complexity index is 562. The summed E-state index contributed by atoms with van der Waals surface area (Å²) in [5.41, 5.74) is 0.490. The summed E-state index contributed by atoms with van der Waals surface area (Å²) >= 11 is 0. The molecule has 0 unspecified atom stereocenters. The maximum absolute atomic E-state index is 12.8. The Kier molecular flexibility index (Phi) is 3.37. The van der Waals surface area contributed by atoms with Crippen molar-refractivity contribution in [3.8, 4) is 0 Å². The van der Waals surface area contributed by atoms with E-state index in [9.17, 15) is 13.5 Å². The van der Waals surface area contributed by atoms with Crippen LogP contribution in [0, 0.1) is 5.92 Å². The molecule has 2 fully saturated rings. The SMILES string of the molecule is O=S(=O)(c1ccccc1CO)N(CC1CC1)C1CC1. The van der Waals surface area contributed by atoms with Gasteiger partial charge in [-0.05, 0) is 43.2 Å². The number of rotatable bonds is 6. The molecular formula is C14H19NO3S. The standard InChI is InChI=1S/C14H19NO3S/c16-10-12-3-1-2-4-14(12)19(17,18)15(13-7-8-13)9-11-5-6-11/h1-4,11,13,16H,5-10H2.